The van der Waals surface area contributed by atoms with Gasteiger partial charge in [0.05, 0.1) is 0 Å². The molecule has 1 aliphatic heterocycles. The lowest BCUT2D eigenvalue weighted by atomic mass is 10.1. The molecular formula is C18H22N4O2S. The largest absolute Gasteiger partial charge is 0.480 e. The van der Waals surface area contributed by atoms with Crippen molar-refractivity contribution in [1.29, 1.82) is 0 Å². The van der Waals surface area contributed by atoms with E-state index >= 15 is 0 Å². The molecule has 1 N–H and O–H groups in total. The predicted octanol–water partition coefficient (Wildman–Crippen LogP) is 2.45. The first-order valence-corrected chi connectivity index (χ1v) is 9.14. The molecule has 6 nitrogen and oxygen atoms in total. The van der Waals surface area contributed by atoms with Gasteiger partial charge in [-0.2, -0.15) is 0 Å². The Morgan fingerprint density at radius 3 is 2.48 bits per heavy atom. The zero-order chi connectivity index (χ0) is 17.8. The van der Waals surface area contributed by atoms with E-state index in [4.69, 9.17) is 0 Å². The van der Waals surface area contributed by atoms with Crippen molar-refractivity contribution in [3.63, 3.8) is 0 Å². The number of benzene rings is 1. The third-order valence-corrected chi connectivity index (χ3v) is 5.30. The Morgan fingerprint density at radius 1 is 1.16 bits per heavy atom. The minimum Gasteiger partial charge on any atom is -0.480 e. The van der Waals surface area contributed by atoms with Crippen LogP contribution in [0.4, 0.5) is 5.82 Å². The van der Waals surface area contributed by atoms with E-state index in [1.807, 2.05) is 43.3 Å². The second-order valence-corrected chi connectivity index (χ2v) is 7.26. The first kappa shape index (κ1) is 17.7. The molecule has 1 aromatic heterocycles. The second kappa shape index (κ2) is 7.84. The Hall–Kier alpha value is -2.12. The molecule has 1 aliphatic rings. The van der Waals surface area contributed by atoms with Crippen molar-refractivity contribution >= 4 is 23.5 Å². The van der Waals surface area contributed by atoms with Gasteiger partial charge in [-0.15, -0.1) is 0 Å². The number of piperazine rings is 1. The fraction of sp³-hybridized carbons (Fsp3) is 0.389. The van der Waals surface area contributed by atoms with Crippen LogP contribution in [0.2, 0.25) is 0 Å². The number of hydrogen-bond acceptors (Lipinski definition) is 6. The molecule has 0 spiro atoms. The van der Waals surface area contributed by atoms with Gasteiger partial charge in [-0.05, 0) is 19.5 Å². The average molecular weight is 358 g/mol. The van der Waals surface area contributed by atoms with Crippen LogP contribution in [0, 0.1) is 6.92 Å². The molecule has 0 aliphatic carbocycles. The van der Waals surface area contributed by atoms with Crippen LogP contribution in [0.1, 0.15) is 16.5 Å². The summed E-state index contributed by atoms with van der Waals surface area (Å²) in [5.41, 5.74) is 1.59. The molecular weight excluding hydrogens is 336 g/mol. The van der Waals surface area contributed by atoms with Crippen molar-refractivity contribution in [2.24, 2.45) is 0 Å². The second-order valence-electron chi connectivity index (χ2n) is 6.19. The molecule has 2 aromatic rings. The SMILES string of the molecule is Cc1cc(N2CCN(C)CC2)nc(SC(C(=O)O)c2ccccc2)n1. The quantitative estimate of drug-likeness (QED) is 0.650. The number of carboxylic acid groups (broad SMARTS) is 1. The highest BCUT2D eigenvalue weighted by molar-refractivity contribution is 8.00. The normalized spacial score (nSPS) is 16.6. The van der Waals surface area contributed by atoms with Gasteiger partial charge in [-0.1, -0.05) is 42.1 Å². The predicted molar refractivity (Wildman–Crippen MR) is 99.2 cm³/mol. The minimum atomic E-state index is -0.887. The molecule has 7 heteroatoms. The van der Waals surface area contributed by atoms with Gasteiger partial charge >= 0.3 is 5.97 Å². The number of aryl methyl sites for hydroxylation is 1. The van der Waals surface area contributed by atoms with E-state index in [-0.39, 0.29) is 0 Å². The van der Waals surface area contributed by atoms with Gasteiger partial charge in [-0.25, -0.2) is 9.97 Å². The summed E-state index contributed by atoms with van der Waals surface area (Å²) >= 11 is 1.18. The summed E-state index contributed by atoms with van der Waals surface area (Å²) in [6.07, 6.45) is 0. The number of aliphatic carboxylic acids is 1. The molecule has 1 saturated heterocycles. The molecule has 0 amide bonds. The molecule has 1 fully saturated rings. The van der Waals surface area contributed by atoms with E-state index in [1.165, 1.54) is 11.8 Å². The third kappa shape index (κ3) is 4.49. The lowest BCUT2D eigenvalue weighted by molar-refractivity contribution is -0.136. The molecule has 0 saturated carbocycles. The van der Waals surface area contributed by atoms with Crippen molar-refractivity contribution in [3.8, 4) is 0 Å². The Bertz CT molecular complexity index is 733. The van der Waals surface area contributed by atoms with Crippen LogP contribution in [0.25, 0.3) is 0 Å². The summed E-state index contributed by atoms with van der Waals surface area (Å²) in [6.45, 7) is 5.74. The number of aromatic nitrogens is 2. The number of rotatable bonds is 5. The lowest BCUT2D eigenvalue weighted by Gasteiger charge is -2.33. The van der Waals surface area contributed by atoms with E-state index < -0.39 is 11.2 Å². The van der Waals surface area contributed by atoms with Crippen LogP contribution in [-0.4, -0.2) is 59.2 Å². The summed E-state index contributed by atoms with van der Waals surface area (Å²) in [6, 6.07) is 11.2. The molecule has 1 atom stereocenters. The maximum Gasteiger partial charge on any atom is 0.321 e. The van der Waals surface area contributed by atoms with Crippen LogP contribution in [0.3, 0.4) is 0 Å². The highest BCUT2D eigenvalue weighted by Crippen LogP contribution is 2.34. The van der Waals surface area contributed by atoms with Crippen molar-refractivity contribution < 1.29 is 9.90 Å². The maximum absolute atomic E-state index is 11.7. The summed E-state index contributed by atoms with van der Waals surface area (Å²) in [4.78, 5) is 25.3. The number of likely N-dealkylation sites (N-methyl/N-ethyl adjacent to an activating group) is 1. The van der Waals surface area contributed by atoms with Crippen molar-refractivity contribution in [1.82, 2.24) is 14.9 Å². The van der Waals surface area contributed by atoms with Crippen molar-refractivity contribution in [2.45, 2.75) is 17.3 Å². The average Bonchev–Trinajstić information content (AvgIpc) is 2.60. The van der Waals surface area contributed by atoms with Crippen LogP contribution in [0.5, 0.6) is 0 Å². The number of anilines is 1. The summed E-state index contributed by atoms with van der Waals surface area (Å²) in [5, 5.41) is 9.40. The van der Waals surface area contributed by atoms with E-state index in [0.717, 1.165) is 43.3 Å². The first-order valence-electron chi connectivity index (χ1n) is 8.26. The van der Waals surface area contributed by atoms with Gasteiger partial charge in [0.1, 0.15) is 11.1 Å². The number of hydrogen-bond donors (Lipinski definition) is 1. The number of thioether (sulfide) groups is 1. The molecule has 132 valence electrons. The number of carbonyl (C=O) groups is 1. The Morgan fingerprint density at radius 2 is 1.84 bits per heavy atom. The Labute approximate surface area is 151 Å². The van der Waals surface area contributed by atoms with Crippen LogP contribution in [-0.2, 0) is 4.79 Å². The Kier molecular flexibility index (Phi) is 5.55. The fourth-order valence-electron chi connectivity index (χ4n) is 2.77. The van der Waals surface area contributed by atoms with Gasteiger partial charge in [-0.3, -0.25) is 4.79 Å². The van der Waals surface area contributed by atoms with Crippen LogP contribution < -0.4 is 4.90 Å². The minimum absolute atomic E-state index is 0.505. The highest BCUT2D eigenvalue weighted by Gasteiger charge is 2.24. The molecule has 0 bridgehead atoms. The van der Waals surface area contributed by atoms with Gasteiger partial charge in [0, 0.05) is 37.9 Å². The van der Waals surface area contributed by atoms with Gasteiger partial charge < -0.3 is 14.9 Å². The van der Waals surface area contributed by atoms with E-state index in [1.54, 1.807) is 0 Å². The third-order valence-electron chi connectivity index (χ3n) is 4.20. The first-order chi connectivity index (χ1) is 12.0. The van der Waals surface area contributed by atoms with E-state index in [0.29, 0.717) is 5.16 Å². The van der Waals surface area contributed by atoms with Crippen molar-refractivity contribution in [2.75, 3.05) is 38.1 Å². The lowest BCUT2D eigenvalue weighted by Crippen LogP contribution is -2.44. The zero-order valence-corrected chi connectivity index (χ0v) is 15.2. The zero-order valence-electron chi connectivity index (χ0n) is 14.4. The van der Waals surface area contributed by atoms with Crippen molar-refractivity contribution in [3.05, 3.63) is 47.7 Å². The number of nitrogens with zero attached hydrogens (tertiary/aromatic N) is 4. The summed E-state index contributed by atoms with van der Waals surface area (Å²) < 4.78 is 0. The summed E-state index contributed by atoms with van der Waals surface area (Å²) in [5.74, 6) is -0.0113. The highest BCUT2D eigenvalue weighted by atomic mass is 32.2. The molecule has 1 unspecified atom stereocenters. The smallest absolute Gasteiger partial charge is 0.321 e. The van der Waals surface area contributed by atoms with E-state index in [9.17, 15) is 9.90 Å². The summed E-state index contributed by atoms with van der Waals surface area (Å²) in [7, 11) is 2.11. The Balaban J connectivity index is 1.83. The molecule has 2 heterocycles. The molecule has 3 rings (SSSR count). The van der Waals surface area contributed by atoms with E-state index in [2.05, 4.69) is 26.8 Å². The molecule has 0 radical (unpaired) electrons. The van der Waals surface area contributed by atoms with Gasteiger partial charge in [0.2, 0.25) is 0 Å². The number of carboxylic acids is 1. The maximum atomic E-state index is 11.7. The monoisotopic (exact) mass is 358 g/mol. The molecule has 25 heavy (non-hydrogen) atoms. The standard InChI is InChI=1S/C18H22N4O2S/c1-13-12-15(22-10-8-21(2)9-11-22)20-18(19-13)25-16(17(23)24)14-6-4-3-5-7-14/h3-7,12,16H,8-11H2,1-2H3,(H,23,24). The molecule has 1 aromatic carbocycles. The van der Waals surface area contributed by atoms with Crippen LogP contribution in [0.15, 0.2) is 41.6 Å². The van der Waals surface area contributed by atoms with Gasteiger partial charge in [0.25, 0.3) is 0 Å². The van der Waals surface area contributed by atoms with Crippen LogP contribution >= 0.6 is 11.8 Å². The van der Waals surface area contributed by atoms with Gasteiger partial charge in [0.15, 0.2) is 5.16 Å². The topological polar surface area (TPSA) is 69.6 Å². The fourth-order valence-corrected chi connectivity index (χ4v) is 3.72.